The summed E-state index contributed by atoms with van der Waals surface area (Å²) in [6.07, 6.45) is 5.72. The van der Waals surface area contributed by atoms with Crippen LogP contribution in [0.1, 0.15) is 16.9 Å². The minimum absolute atomic E-state index is 0.0618. The van der Waals surface area contributed by atoms with Gasteiger partial charge in [0, 0.05) is 43.3 Å². The minimum atomic E-state index is -0.146. The molecule has 1 aromatic heterocycles. The molecular weight excluding hydrogens is 288 g/mol. The molecule has 21 heavy (non-hydrogen) atoms. The van der Waals surface area contributed by atoms with Crippen LogP contribution in [0.25, 0.3) is 0 Å². The Labute approximate surface area is 128 Å². The minimum Gasteiger partial charge on any atom is -0.379 e. The molecule has 6 nitrogen and oxygen atoms in total. The van der Waals surface area contributed by atoms with Crippen LogP contribution in [0.2, 0.25) is 0 Å². The second-order valence-electron chi connectivity index (χ2n) is 5.40. The van der Waals surface area contributed by atoms with Crippen molar-refractivity contribution in [1.82, 2.24) is 20.2 Å². The first-order chi connectivity index (χ1) is 10.3. The number of aromatic nitrogens is 2. The van der Waals surface area contributed by atoms with Crippen molar-refractivity contribution in [2.45, 2.75) is 12.0 Å². The Balaban J connectivity index is 1.64. The fourth-order valence-electron chi connectivity index (χ4n) is 2.89. The van der Waals surface area contributed by atoms with Crippen molar-refractivity contribution < 1.29 is 9.53 Å². The summed E-state index contributed by atoms with van der Waals surface area (Å²) in [6, 6.07) is 0. The molecule has 2 aliphatic heterocycles. The second kappa shape index (κ2) is 6.72. The average molecular weight is 308 g/mol. The normalized spacial score (nSPS) is 26.7. The molecule has 7 heteroatoms. The van der Waals surface area contributed by atoms with Crippen LogP contribution in [0.3, 0.4) is 0 Å². The lowest BCUT2D eigenvalue weighted by molar-refractivity contribution is -0.0129. The van der Waals surface area contributed by atoms with E-state index in [4.69, 9.17) is 4.74 Å². The van der Waals surface area contributed by atoms with Gasteiger partial charge in [-0.1, -0.05) is 0 Å². The van der Waals surface area contributed by atoms with Gasteiger partial charge in [-0.25, -0.2) is 4.98 Å². The average Bonchev–Trinajstić information content (AvgIpc) is 3.04. The maximum absolute atomic E-state index is 12.2. The van der Waals surface area contributed by atoms with Gasteiger partial charge in [0.05, 0.1) is 19.4 Å². The van der Waals surface area contributed by atoms with E-state index in [0.29, 0.717) is 12.2 Å². The molecule has 2 saturated heterocycles. The van der Waals surface area contributed by atoms with Crippen molar-refractivity contribution in [3.8, 4) is 0 Å². The first-order valence-electron chi connectivity index (χ1n) is 7.25. The Hall–Kier alpha value is -1.18. The molecule has 1 aromatic rings. The molecule has 0 aliphatic carbocycles. The summed E-state index contributed by atoms with van der Waals surface area (Å²) in [4.78, 5) is 22.6. The fraction of sp³-hybridized carbons (Fsp3) is 0.643. The van der Waals surface area contributed by atoms with E-state index in [0.717, 1.165) is 44.2 Å². The van der Waals surface area contributed by atoms with E-state index in [9.17, 15) is 4.79 Å². The Bertz CT molecular complexity index is 473. The number of carbonyl (C=O) groups is 1. The third-order valence-corrected chi connectivity index (χ3v) is 5.37. The van der Waals surface area contributed by atoms with Gasteiger partial charge in [-0.3, -0.25) is 14.7 Å². The number of morpholine rings is 1. The van der Waals surface area contributed by atoms with Crippen LogP contribution < -0.4 is 5.32 Å². The zero-order valence-electron chi connectivity index (χ0n) is 12.0. The monoisotopic (exact) mass is 308 g/mol. The third-order valence-electron chi connectivity index (χ3n) is 4.14. The summed E-state index contributed by atoms with van der Waals surface area (Å²) in [5.74, 6) is 2.07. The smallest absolute Gasteiger partial charge is 0.271 e. The molecule has 0 aromatic carbocycles. The largest absolute Gasteiger partial charge is 0.379 e. The van der Waals surface area contributed by atoms with Crippen LogP contribution in [0.4, 0.5) is 0 Å². The highest BCUT2D eigenvalue weighted by Crippen LogP contribution is 2.33. The van der Waals surface area contributed by atoms with E-state index in [1.807, 2.05) is 11.8 Å². The zero-order valence-corrected chi connectivity index (χ0v) is 12.8. The van der Waals surface area contributed by atoms with E-state index in [-0.39, 0.29) is 11.4 Å². The first kappa shape index (κ1) is 14.7. The van der Waals surface area contributed by atoms with E-state index in [1.54, 1.807) is 6.20 Å². The number of rotatable bonds is 4. The second-order valence-corrected chi connectivity index (χ2v) is 6.50. The van der Waals surface area contributed by atoms with Crippen molar-refractivity contribution in [3.05, 3.63) is 24.3 Å². The van der Waals surface area contributed by atoms with Gasteiger partial charge in [0.2, 0.25) is 0 Å². The number of hydrogen-bond acceptors (Lipinski definition) is 6. The Kier molecular flexibility index (Phi) is 4.72. The highest BCUT2D eigenvalue weighted by Gasteiger charge is 2.40. The molecule has 1 atom stereocenters. The zero-order chi connectivity index (χ0) is 14.5. The van der Waals surface area contributed by atoms with Gasteiger partial charge in [0.15, 0.2) is 0 Å². The number of hydrogen-bond donors (Lipinski definition) is 1. The lowest BCUT2D eigenvalue weighted by Gasteiger charge is -2.43. The van der Waals surface area contributed by atoms with Crippen LogP contribution >= 0.6 is 11.8 Å². The molecule has 0 unspecified atom stereocenters. The Morgan fingerprint density at radius 2 is 2.29 bits per heavy atom. The van der Waals surface area contributed by atoms with E-state index in [2.05, 4.69) is 20.2 Å². The standard InChI is InChI=1S/C14H20N4O2S/c19-13(12-9-15-2-3-16-12)17-10-14(1-8-21-11-14)18-4-6-20-7-5-18/h2-3,9H,1,4-8,10-11H2,(H,17,19)/t14-/m1/s1. The van der Waals surface area contributed by atoms with Gasteiger partial charge < -0.3 is 10.1 Å². The number of ether oxygens (including phenoxy) is 1. The molecule has 3 rings (SSSR count). The molecule has 0 spiro atoms. The molecular formula is C14H20N4O2S. The molecule has 3 heterocycles. The van der Waals surface area contributed by atoms with Crippen LogP contribution in [0, 0.1) is 0 Å². The van der Waals surface area contributed by atoms with Gasteiger partial charge >= 0.3 is 0 Å². The summed E-state index contributed by atoms with van der Waals surface area (Å²) in [5.41, 5.74) is 0.437. The summed E-state index contributed by atoms with van der Waals surface area (Å²) >= 11 is 1.96. The quantitative estimate of drug-likeness (QED) is 0.869. The van der Waals surface area contributed by atoms with Crippen molar-refractivity contribution >= 4 is 17.7 Å². The summed E-state index contributed by atoms with van der Waals surface area (Å²) in [6.45, 7) is 4.12. The van der Waals surface area contributed by atoms with E-state index >= 15 is 0 Å². The van der Waals surface area contributed by atoms with Crippen molar-refractivity contribution in [3.63, 3.8) is 0 Å². The number of nitrogens with one attached hydrogen (secondary N) is 1. The molecule has 1 N–H and O–H groups in total. The van der Waals surface area contributed by atoms with Gasteiger partial charge in [0.1, 0.15) is 5.69 Å². The van der Waals surface area contributed by atoms with Crippen LogP contribution in [0.5, 0.6) is 0 Å². The van der Waals surface area contributed by atoms with Gasteiger partial charge in [-0.05, 0) is 12.2 Å². The molecule has 2 aliphatic rings. The summed E-state index contributed by atoms with van der Waals surface area (Å²) in [7, 11) is 0. The highest BCUT2D eigenvalue weighted by atomic mass is 32.2. The Morgan fingerprint density at radius 1 is 1.43 bits per heavy atom. The Morgan fingerprint density at radius 3 is 2.95 bits per heavy atom. The lowest BCUT2D eigenvalue weighted by Crippen LogP contribution is -2.59. The van der Waals surface area contributed by atoms with Crippen molar-refractivity contribution in [2.24, 2.45) is 0 Å². The topological polar surface area (TPSA) is 67.4 Å². The third kappa shape index (κ3) is 3.36. The van der Waals surface area contributed by atoms with Crippen molar-refractivity contribution in [2.75, 3.05) is 44.4 Å². The number of thioether (sulfide) groups is 1. The predicted octanol–water partition coefficient (Wildman–Crippen LogP) is 0.414. The molecule has 0 bridgehead atoms. The first-order valence-corrected chi connectivity index (χ1v) is 8.40. The SMILES string of the molecule is O=C(NC[C@]1(N2CCOCC2)CCSC1)c1cnccn1. The fourth-order valence-corrected chi connectivity index (χ4v) is 4.36. The van der Waals surface area contributed by atoms with Gasteiger partial charge in [0.25, 0.3) is 5.91 Å². The summed E-state index contributed by atoms with van der Waals surface area (Å²) < 4.78 is 5.45. The molecule has 2 fully saturated rings. The van der Waals surface area contributed by atoms with Gasteiger partial charge in [-0.15, -0.1) is 0 Å². The number of amides is 1. The number of nitrogens with zero attached hydrogens (tertiary/aromatic N) is 3. The lowest BCUT2D eigenvalue weighted by atomic mass is 9.95. The highest BCUT2D eigenvalue weighted by molar-refractivity contribution is 7.99. The summed E-state index contributed by atoms with van der Waals surface area (Å²) in [5, 5.41) is 3.04. The van der Waals surface area contributed by atoms with Crippen LogP contribution in [-0.4, -0.2) is 70.7 Å². The maximum Gasteiger partial charge on any atom is 0.271 e. The maximum atomic E-state index is 12.2. The predicted molar refractivity (Wildman–Crippen MR) is 81.4 cm³/mol. The number of carbonyl (C=O) groups excluding carboxylic acids is 1. The molecule has 114 valence electrons. The van der Waals surface area contributed by atoms with Gasteiger partial charge in [-0.2, -0.15) is 11.8 Å². The van der Waals surface area contributed by atoms with Crippen LogP contribution in [0.15, 0.2) is 18.6 Å². The molecule has 1 amide bonds. The van der Waals surface area contributed by atoms with Crippen LogP contribution in [-0.2, 0) is 4.74 Å². The van der Waals surface area contributed by atoms with E-state index < -0.39 is 0 Å². The molecule has 0 saturated carbocycles. The van der Waals surface area contributed by atoms with Crippen molar-refractivity contribution in [1.29, 1.82) is 0 Å². The molecule has 0 radical (unpaired) electrons. The van der Waals surface area contributed by atoms with E-state index in [1.165, 1.54) is 12.4 Å².